The van der Waals surface area contributed by atoms with E-state index in [4.69, 9.17) is 0 Å². The van der Waals surface area contributed by atoms with Gasteiger partial charge in [0.05, 0.1) is 17.8 Å². The van der Waals surface area contributed by atoms with E-state index < -0.39 is 11.7 Å². The van der Waals surface area contributed by atoms with Gasteiger partial charge in [0.15, 0.2) is 11.1 Å². The largest absolute Gasteiger partial charge is 0.416 e. The third kappa shape index (κ3) is 5.63. The highest BCUT2D eigenvalue weighted by Gasteiger charge is 2.30. The van der Waals surface area contributed by atoms with Gasteiger partial charge in [0.25, 0.3) is 0 Å². The summed E-state index contributed by atoms with van der Waals surface area (Å²) in [6.07, 6.45) is -4.34. The minimum Gasteiger partial charge on any atom is -0.354 e. The van der Waals surface area contributed by atoms with Gasteiger partial charge in [-0.3, -0.25) is 4.99 Å². The maximum Gasteiger partial charge on any atom is 0.416 e. The fourth-order valence-corrected chi connectivity index (χ4v) is 2.78. The number of nitrogens with zero attached hydrogens (tertiary/aromatic N) is 3. The second-order valence-corrected chi connectivity index (χ2v) is 6.33. The van der Waals surface area contributed by atoms with Crippen LogP contribution >= 0.6 is 11.3 Å². The summed E-state index contributed by atoms with van der Waals surface area (Å²) >= 11 is 1.54. The molecule has 136 valence electrons. The van der Waals surface area contributed by atoms with Crippen LogP contribution in [-0.2, 0) is 19.3 Å². The summed E-state index contributed by atoms with van der Waals surface area (Å²) in [5.74, 6) is 0.497. The van der Waals surface area contributed by atoms with Crippen LogP contribution in [0.1, 0.15) is 16.8 Å². The average Bonchev–Trinajstić information content (AvgIpc) is 3.04. The average molecular weight is 371 g/mol. The zero-order valence-electron chi connectivity index (χ0n) is 14.2. The lowest BCUT2D eigenvalue weighted by atomic mass is 10.1. The van der Waals surface area contributed by atoms with E-state index in [-0.39, 0.29) is 6.54 Å². The molecule has 2 rings (SSSR count). The van der Waals surface area contributed by atoms with Crippen LogP contribution in [0.3, 0.4) is 0 Å². The molecule has 0 unspecified atom stereocenters. The number of aliphatic imine (C=N–C) groups is 1. The fraction of sp³-hybridized carbons (Fsp3) is 0.375. The third-order valence-corrected chi connectivity index (χ3v) is 4.35. The lowest BCUT2D eigenvalue weighted by molar-refractivity contribution is -0.137. The van der Waals surface area contributed by atoms with Crippen molar-refractivity contribution >= 4 is 22.4 Å². The van der Waals surface area contributed by atoms with Crippen LogP contribution in [0.25, 0.3) is 0 Å². The van der Waals surface area contributed by atoms with Crippen molar-refractivity contribution in [2.75, 3.05) is 26.0 Å². The number of benzene rings is 1. The maximum absolute atomic E-state index is 12.7. The zero-order chi connectivity index (χ0) is 18.4. The Kier molecular flexibility index (Phi) is 6.24. The number of nitrogens with one attached hydrogen (secondary N) is 2. The number of rotatable bonds is 5. The van der Waals surface area contributed by atoms with Crippen LogP contribution in [0.2, 0.25) is 0 Å². The van der Waals surface area contributed by atoms with Gasteiger partial charge < -0.3 is 15.5 Å². The number of thiazole rings is 1. The predicted octanol–water partition coefficient (Wildman–Crippen LogP) is 3.09. The molecule has 0 aliphatic rings. The van der Waals surface area contributed by atoms with Gasteiger partial charge in [0.2, 0.25) is 0 Å². The summed E-state index contributed by atoms with van der Waals surface area (Å²) in [6.45, 7) is 0.718. The molecule has 0 spiro atoms. The summed E-state index contributed by atoms with van der Waals surface area (Å²) in [6, 6.07) is 5.22. The highest BCUT2D eigenvalue weighted by Crippen LogP contribution is 2.29. The summed E-state index contributed by atoms with van der Waals surface area (Å²) in [5, 5.41) is 8.95. The predicted molar refractivity (Wildman–Crippen MR) is 94.9 cm³/mol. The van der Waals surface area contributed by atoms with Crippen molar-refractivity contribution in [1.82, 2.24) is 15.6 Å². The highest BCUT2D eigenvalue weighted by atomic mass is 32.1. The fourth-order valence-electron chi connectivity index (χ4n) is 2.02. The summed E-state index contributed by atoms with van der Waals surface area (Å²) in [4.78, 5) is 10.4. The maximum atomic E-state index is 12.7. The molecule has 2 aromatic rings. The van der Waals surface area contributed by atoms with Crippen LogP contribution in [0.4, 0.5) is 18.3 Å². The quantitative estimate of drug-likeness (QED) is 0.627. The van der Waals surface area contributed by atoms with E-state index in [0.29, 0.717) is 18.1 Å². The van der Waals surface area contributed by atoms with Crippen molar-refractivity contribution < 1.29 is 13.2 Å². The van der Waals surface area contributed by atoms with E-state index in [1.807, 2.05) is 24.4 Å². The Morgan fingerprint density at radius 1 is 1.24 bits per heavy atom. The van der Waals surface area contributed by atoms with Gasteiger partial charge in [-0.15, -0.1) is 11.3 Å². The number of hydrogen-bond acceptors (Lipinski definition) is 4. The second kappa shape index (κ2) is 8.19. The van der Waals surface area contributed by atoms with Crippen molar-refractivity contribution in [2.45, 2.75) is 19.3 Å². The van der Waals surface area contributed by atoms with Crippen molar-refractivity contribution in [1.29, 1.82) is 0 Å². The Balaban J connectivity index is 1.90. The van der Waals surface area contributed by atoms with Crippen LogP contribution in [0.15, 0.2) is 34.6 Å². The second-order valence-electron chi connectivity index (χ2n) is 5.49. The van der Waals surface area contributed by atoms with E-state index in [0.717, 1.165) is 23.0 Å². The number of guanidine groups is 1. The molecule has 9 heteroatoms. The van der Waals surface area contributed by atoms with Crippen molar-refractivity contribution in [3.8, 4) is 0 Å². The molecule has 1 aromatic heterocycles. The molecule has 0 fully saturated rings. The first-order valence-electron chi connectivity index (χ1n) is 7.52. The SMILES string of the molecule is CN=C(NCc1cccc(C(F)(F)F)c1)NCc1csc(N(C)C)n1. The lowest BCUT2D eigenvalue weighted by Gasteiger charge is -2.12. The van der Waals surface area contributed by atoms with Crippen LogP contribution < -0.4 is 15.5 Å². The van der Waals surface area contributed by atoms with Gasteiger partial charge in [0, 0.05) is 33.1 Å². The van der Waals surface area contributed by atoms with Crippen molar-refractivity contribution in [2.24, 2.45) is 4.99 Å². The van der Waals surface area contributed by atoms with Crippen LogP contribution in [0.5, 0.6) is 0 Å². The molecule has 25 heavy (non-hydrogen) atoms. The molecular formula is C16H20F3N5S. The van der Waals surface area contributed by atoms with Gasteiger partial charge >= 0.3 is 6.18 Å². The molecule has 0 aliphatic heterocycles. The first kappa shape index (κ1) is 19.0. The summed E-state index contributed by atoms with van der Waals surface area (Å²) in [5.41, 5.74) is 0.741. The summed E-state index contributed by atoms with van der Waals surface area (Å²) in [7, 11) is 5.45. The normalized spacial score (nSPS) is 12.2. The molecule has 0 saturated heterocycles. The topological polar surface area (TPSA) is 52.6 Å². The molecule has 5 nitrogen and oxygen atoms in total. The molecule has 0 saturated carbocycles. The van der Waals surface area contributed by atoms with Gasteiger partial charge in [0.1, 0.15) is 0 Å². The standard InChI is InChI=1S/C16H20F3N5S/c1-20-14(22-9-13-10-25-15(23-13)24(2)3)21-8-11-5-4-6-12(7-11)16(17,18)19/h4-7,10H,8-9H2,1-3H3,(H2,20,21,22). The number of halogens is 3. The Morgan fingerprint density at radius 3 is 2.56 bits per heavy atom. The molecule has 0 amide bonds. The Hall–Kier alpha value is -2.29. The molecule has 0 atom stereocenters. The van der Waals surface area contributed by atoms with Gasteiger partial charge in [-0.05, 0) is 17.7 Å². The van der Waals surface area contributed by atoms with E-state index in [1.165, 1.54) is 17.4 Å². The minimum absolute atomic E-state index is 0.240. The van der Waals surface area contributed by atoms with E-state index >= 15 is 0 Å². The van der Waals surface area contributed by atoms with E-state index in [9.17, 15) is 13.2 Å². The molecular weight excluding hydrogens is 351 g/mol. The Morgan fingerprint density at radius 2 is 1.96 bits per heavy atom. The van der Waals surface area contributed by atoms with Gasteiger partial charge in [-0.1, -0.05) is 12.1 Å². The number of hydrogen-bond donors (Lipinski definition) is 2. The van der Waals surface area contributed by atoms with Crippen molar-refractivity contribution in [3.63, 3.8) is 0 Å². The Bertz CT molecular complexity index is 725. The van der Waals surface area contributed by atoms with Gasteiger partial charge in [-0.25, -0.2) is 4.98 Å². The molecule has 1 heterocycles. The summed E-state index contributed by atoms with van der Waals surface area (Å²) < 4.78 is 38.2. The number of aromatic nitrogens is 1. The van der Waals surface area contributed by atoms with E-state index in [1.54, 1.807) is 13.1 Å². The number of anilines is 1. The molecule has 0 bridgehead atoms. The van der Waals surface area contributed by atoms with Crippen LogP contribution in [0, 0.1) is 0 Å². The van der Waals surface area contributed by atoms with Crippen molar-refractivity contribution in [3.05, 3.63) is 46.5 Å². The highest BCUT2D eigenvalue weighted by molar-refractivity contribution is 7.13. The molecule has 0 aliphatic carbocycles. The third-order valence-electron chi connectivity index (χ3n) is 3.30. The smallest absolute Gasteiger partial charge is 0.354 e. The Labute approximate surface area is 148 Å². The number of alkyl halides is 3. The monoisotopic (exact) mass is 371 g/mol. The van der Waals surface area contributed by atoms with E-state index in [2.05, 4.69) is 20.6 Å². The zero-order valence-corrected chi connectivity index (χ0v) is 15.0. The molecule has 0 radical (unpaired) electrons. The minimum atomic E-state index is -4.34. The first-order chi connectivity index (χ1) is 11.8. The van der Waals surface area contributed by atoms with Gasteiger partial charge in [-0.2, -0.15) is 13.2 Å². The molecule has 1 aromatic carbocycles. The lowest BCUT2D eigenvalue weighted by Crippen LogP contribution is -2.36. The van der Waals surface area contributed by atoms with Crippen LogP contribution in [-0.4, -0.2) is 32.1 Å². The first-order valence-corrected chi connectivity index (χ1v) is 8.40. The molecule has 2 N–H and O–H groups in total.